The SMILES string of the molecule is C1=CCN2C=CC=CC=12. The minimum atomic E-state index is 0.982. The molecule has 44 valence electrons. The van der Waals surface area contributed by atoms with Crippen LogP contribution in [0, 0.1) is 0 Å². The van der Waals surface area contributed by atoms with Crippen molar-refractivity contribution in [2.75, 3.05) is 6.54 Å². The average molecular weight is 117 g/mol. The van der Waals surface area contributed by atoms with Gasteiger partial charge in [0, 0.05) is 12.7 Å². The molecule has 0 radical (unpaired) electrons. The Morgan fingerprint density at radius 1 is 1.44 bits per heavy atom. The zero-order valence-electron chi connectivity index (χ0n) is 5.04. The largest absolute Gasteiger partial charge is 0.337 e. The van der Waals surface area contributed by atoms with E-state index >= 15 is 0 Å². The van der Waals surface area contributed by atoms with E-state index in [1.54, 1.807) is 0 Å². The van der Waals surface area contributed by atoms with Crippen LogP contribution in [0.1, 0.15) is 0 Å². The van der Waals surface area contributed by atoms with Gasteiger partial charge in [-0.25, -0.2) is 0 Å². The summed E-state index contributed by atoms with van der Waals surface area (Å²) in [5, 5.41) is 0. The molecule has 2 rings (SSSR count). The molecule has 0 amide bonds. The second-order valence-electron chi connectivity index (χ2n) is 2.09. The predicted molar refractivity (Wildman–Crippen MR) is 36.6 cm³/mol. The topological polar surface area (TPSA) is 3.24 Å². The highest BCUT2D eigenvalue weighted by Gasteiger charge is 2.06. The van der Waals surface area contributed by atoms with Gasteiger partial charge in [0.2, 0.25) is 0 Å². The van der Waals surface area contributed by atoms with Crippen molar-refractivity contribution in [1.29, 1.82) is 0 Å². The first-order valence-electron chi connectivity index (χ1n) is 3.03. The molecule has 1 nitrogen and oxygen atoms in total. The van der Waals surface area contributed by atoms with E-state index in [4.69, 9.17) is 0 Å². The summed E-state index contributed by atoms with van der Waals surface area (Å²) in [5.74, 6) is 0. The number of hydrogen-bond acceptors (Lipinski definition) is 1. The van der Waals surface area contributed by atoms with Gasteiger partial charge in [-0.2, -0.15) is 0 Å². The standard InChI is InChI=1S/C8H7N/c1-2-6-9-7-3-5-8(9)4-1/h1-4,6H,7H2. The van der Waals surface area contributed by atoms with Crippen LogP contribution in [0.3, 0.4) is 0 Å². The first-order valence-corrected chi connectivity index (χ1v) is 3.03. The van der Waals surface area contributed by atoms with E-state index in [0.29, 0.717) is 0 Å². The molecular formula is C8H7N. The van der Waals surface area contributed by atoms with E-state index in [2.05, 4.69) is 22.9 Å². The fourth-order valence-electron chi connectivity index (χ4n) is 1.02. The molecule has 0 aromatic carbocycles. The molecule has 2 aliphatic rings. The molecule has 0 unspecified atom stereocenters. The van der Waals surface area contributed by atoms with E-state index in [0.717, 1.165) is 6.54 Å². The number of rotatable bonds is 0. The zero-order valence-corrected chi connectivity index (χ0v) is 5.04. The summed E-state index contributed by atoms with van der Waals surface area (Å²) in [4.78, 5) is 2.15. The molecular weight excluding hydrogens is 110 g/mol. The highest BCUT2D eigenvalue weighted by molar-refractivity contribution is 5.30. The van der Waals surface area contributed by atoms with Crippen molar-refractivity contribution in [3.8, 4) is 0 Å². The molecule has 1 heteroatoms. The van der Waals surface area contributed by atoms with Crippen LogP contribution in [0.4, 0.5) is 0 Å². The summed E-state index contributed by atoms with van der Waals surface area (Å²) in [6.07, 6.45) is 10.2. The summed E-state index contributed by atoms with van der Waals surface area (Å²) in [6, 6.07) is 0. The Bertz CT molecular complexity index is 239. The summed E-state index contributed by atoms with van der Waals surface area (Å²) >= 11 is 0. The van der Waals surface area contributed by atoms with Crippen molar-refractivity contribution >= 4 is 0 Å². The number of allylic oxidation sites excluding steroid dienone is 2. The first-order chi connectivity index (χ1) is 4.47. The fraction of sp³-hybridized carbons (Fsp3) is 0.125. The molecule has 0 N–H and O–H groups in total. The summed E-state index contributed by atoms with van der Waals surface area (Å²) in [6.45, 7) is 0.982. The average Bonchev–Trinajstić information content (AvgIpc) is 2.33. The lowest BCUT2D eigenvalue weighted by Gasteiger charge is -2.15. The van der Waals surface area contributed by atoms with E-state index < -0.39 is 0 Å². The normalized spacial score (nSPS) is 20.4. The molecule has 0 saturated carbocycles. The summed E-state index contributed by atoms with van der Waals surface area (Å²) in [5.41, 5.74) is 4.32. The van der Waals surface area contributed by atoms with Crippen molar-refractivity contribution < 1.29 is 0 Å². The van der Waals surface area contributed by atoms with Crippen LogP contribution in [-0.4, -0.2) is 11.4 Å². The van der Waals surface area contributed by atoms with E-state index in [1.165, 1.54) is 5.70 Å². The molecule has 0 aromatic rings. The van der Waals surface area contributed by atoms with Crippen molar-refractivity contribution in [2.24, 2.45) is 0 Å². The molecule has 0 atom stereocenters. The van der Waals surface area contributed by atoms with Gasteiger partial charge in [0.15, 0.2) is 0 Å². The minimum absolute atomic E-state index is 0.982. The van der Waals surface area contributed by atoms with Crippen LogP contribution < -0.4 is 0 Å². The van der Waals surface area contributed by atoms with Gasteiger partial charge in [-0.1, -0.05) is 11.8 Å². The summed E-state index contributed by atoms with van der Waals surface area (Å²) in [7, 11) is 0. The van der Waals surface area contributed by atoms with Gasteiger partial charge in [0.1, 0.15) is 0 Å². The Kier molecular flexibility index (Phi) is 0.850. The smallest absolute Gasteiger partial charge is 0.0840 e. The Balaban J connectivity index is 2.41. The van der Waals surface area contributed by atoms with Crippen molar-refractivity contribution in [2.45, 2.75) is 0 Å². The Labute approximate surface area is 54.3 Å². The second-order valence-corrected chi connectivity index (χ2v) is 2.09. The van der Waals surface area contributed by atoms with Crippen molar-refractivity contribution in [3.05, 3.63) is 41.9 Å². The molecule has 0 fully saturated rings. The van der Waals surface area contributed by atoms with Gasteiger partial charge < -0.3 is 4.90 Å². The molecule has 2 heterocycles. The molecule has 0 aromatic heterocycles. The fourth-order valence-corrected chi connectivity index (χ4v) is 1.02. The molecule has 0 aliphatic carbocycles. The van der Waals surface area contributed by atoms with Crippen LogP contribution in [-0.2, 0) is 0 Å². The quantitative estimate of drug-likeness (QED) is 0.434. The van der Waals surface area contributed by atoms with Crippen molar-refractivity contribution in [1.82, 2.24) is 4.90 Å². The van der Waals surface area contributed by atoms with Crippen LogP contribution in [0.5, 0.6) is 0 Å². The Hall–Kier alpha value is -1.20. The third-order valence-corrected chi connectivity index (χ3v) is 1.48. The molecule has 2 aliphatic heterocycles. The predicted octanol–water partition coefficient (Wildman–Crippen LogP) is 1.42. The number of nitrogens with zero attached hydrogens (tertiary/aromatic N) is 1. The van der Waals surface area contributed by atoms with Gasteiger partial charge in [0.05, 0.1) is 5.70 Å². The van der Waals surface area contributed by atoms with Gasteiger partial charge in [-0.3, -0.25) is 0 Å². The van der Waals surface area contributed by atoms with Crippen molar-refractivity contribution in [3.63, 3.8) is 0 Å². The molecule has 9 heavy (non-hydrogen) atoms. The molecule has 0 saturated heterocycles. The van der Waals surface area contributed by atoms with Crippen LogP contribution in [0.15, 0.2) is 41.9 Å². The third kappa shape index (κ3) is 0.628. The maximum atomic E-state index is 3.14. The monoisotopic (exact) mass is 117 g/mol. The van der Waals surface area contributed by atoms with E-state index in [-0.39, 0.29) is 0 Å². The third-order valence-electron chi connectivity index (χ3n) is 1.48. The lowest BCUT2D eigenvalue weighted by molar-refractivity contribution is 0.547. The minimum Gasteiger partial charge on any atom is -0.337 e. The maximum absolute atomic E-state index is 3.14. The van der Waals surface area contributed by atoms with Crippen LogP contribution in [0.25, 0.3) is 0 Å². The van der Waals surface area contributed by atoms with Gasteiger partial charge >= 0.3 is 0 Å². The Morgan fingerprint density at radius 2 is 2.44 bits per heavy atom. The van der Waals surface area contributed by atoms with Gasteiger partial charge in [-0.05, 0) is 18.2 Å². The Morgan fingerprint density at radius 3 is 3.33 bits per heavy atom. The lowest BCUT2D eigenvalue weighted by atomic mass is 10.3. The highest BCUT2D eigenvalue weighted by atomic mass is 15.1. The lowest BCUT2D eigenvalue weighted by Crippen LogP contribution is -2.12. The van der Waals surface area contributed by atoms with Crippen LogP contribution >= 0.6 is 0 Å². The van der Waals surface area contributed by atoms with E-state index in [1.807, 2.05) is 18.2 Å². The second kappa shape index (κ2) is 1.64. The molecule has 0 bridgehead atoms. The maximum Gasteiger partial charge on any atom is 0.0840 e. The van der Waals surface area contributed by atoms with E-state index in [9.17, 15) is 0 Å². The number of hydrogen-bond donors (Lipinski definition) is 0. The first kappa shape index (κ1) is 4.66. The highest BCUT2D eigenvalue weighted by Crippen LogP contribution is 2.13. The van der Waals surface area contributed by atoms with Gasteiger partial charge in [-0.15, -0.1) is 0 Å². The van der Waals surface area contributed by atoms with Crippen LogP contribution in [0.2, 0.25) is 0 Å². The number of fused-ring (bicyclic) bond motifs is 1. The molecule has 0 spiro atoms. The van der Waals surface area contributed by atoms with Gasteiger partial charge in [0.25, 0.3) is 0 Å². The zero-order chi connectivity index (χ0) is 6.10. The summed E-state index contributed by atoms with van der Waals surface area (Å²) < 4.78 is 0.